The number of urea groups is 1. The fourth-order valence-corrected chi connectivity index (χ4v) is 3.28. The number of amides is 2. The van der Waals surface area contributed by atoms with Gasteiger partial charge in [0, 0.05) is 26.3 Å². The van der Waals surface area contributed by atoms with Crippen LogP contribution in [0.25, 0.3) is 0 Å². The molecule has 3 rings (SSSR count). The van der Waals surface area contributed by atoms with E-state index in [4.69, 9.17) is 9.47 Å². The van der Waals surface area contributed by atoms with Crippen LogP contribution in [0.2, 0.25) is 0 Å². The Bertz CT molecular complexity index is 987. The predicted octanol–water partition coefficient (Wildman–Crippen LogP) is 3.77. The van der Waals surface area contributed by atoms with Crippen LogP contribution in [0, 0.1) is 12.7 Å². The Morgan fingerprint density at radius 3 is 2.66 bits per heavy atom. The predicted molar refractivity (Wildman–Crippen MR) is 108 cm³/mol. The van der Waals surface area contributed by atoms with Gasteiger partial charge in [-0.15, -0.1) is 13.2 Å². The average molecular weight is 458 g/mol. The quantitative estimate of drug-likeness (QED) is 0.642. The number of carbonyl (C=O) groups excluding carboxylic acids is 1. The van der Waals surface area contributed by atoms with Crippen LogP contribution < -0.4 is 25.0 Å². The fourth-order valence-electron chi connectivity index (χ4n) is 3.28. The summed E-state index contributed by atoms with van der Waals surface area (Å²) in [6.45, 7) is 2.47. The van der Waals surface area contributed by atoms with Crippen molar-refractivity contribution in [3.8, 4) is 11.5 Å². The van der Waals surface area contributed by atoms with Crippen molar-refractivity contribution in [2.75, 3.05) is 44.1 Å². The van der Waals surface area contributed by atoms with Crippen molar-refractivity contribution in [1.29, 1.82) is 0 Å². The van der Waals surface area contributed by atoms with Gasteiger partial charge in [-0.2, -0.15) is 0 Å². The number of hydrogen-bond acceptors (Lipinski definition) is 6. The molecule has 0 aliphatic carbocycles. The molecule has 1 atom stereocenters. The zero-order chi connectivity index (χ0) is 23.5. The number of rotatable bonds is 6. The van der Waals surface area contributed by atoms with Gasteiger partial charge in [0.05, 0.1) is 31.1 Å². The number of carbonyl (C=O) groups is 1. The van der Waals surface area contributed by atoms with Gasteiger partial charge in [-0.25, -0.2) is 14.2 Å². The minimum atomic E-state index is -5.02. The number of aromatic nitrogens is 1. The van der Waals surface area contributed by atoms with Crippen molar-refractivity contribution in [2.24, 2.45) is 0 Å². The summed E-state index contributed by atoms with van der Waals surface area (Å²) in [6, 6.07) is 3.32. The number of hydrogen-bond donors (Lipinski definition) is 2. The molecule has 8 nitrogen and oxygen atoms in total. The van der Waals surface area contributed by atoms with E-state index in [1.807, 2.05) is 0 Å². The molecular weight excluding hydrogens is 436 g/mol. The number of methoxy groups -OCH3 is 2. The number of fused-ring (bicyclic) bond motifs is 1. The highest BCUT2D eigenvalue weighted by molar-refractivity contribution is 5.95. The second-order valence-electron chi connectivity index (χ2n) is 6.92. The van der Waals surface area contributed by atoms with Gasteiger partial charge < -0.3 is 24.8 Å². The lowest BCUT2D eigenvalue weighted by Gasteiger charge is -2.31. The van der Waals surface area contributed by atoms with Crippen LogP contribution in [0.1, 0.15) is 17.3 Å². The van der Waals surface area contributed by atoms with Crippen molar-refractivity contribution >= 4 is 17.5 Å². The van der Waals surface area contributed by atoms with E-state index in [-0.39, 0.29) is 12.2 Å². The first-order valence-corrected chi connectivity index (χ1v) is 9.54. The number of aryl methyl sites for hydroxylation is 1. The molecule has 2 amide bonds. The molecule has 0 radical (unpaired) electrons. The Hall–Kier alpha value is -3.28. The van der Waals surface area contributed by atoms with E-state index in [2.05, 4.69) is 20.4 Å². The zero-order valence-electron chi connectivity index (χ0n) is 17.5. The highest BCUT2D eigenvalue weighted by atomic mass is 19.4. The number of alkyl halides is 3. The standard InChI is InChI=1S/C20H22F4N4O4/c1-11-17(31-3)9-14-18(26-11)28(7-6-25-14)19(29)27-15(10-30-2)12-4-5-16(13(21)8-12)32-20(22,23)24/h4-5,8-9,15,25H,6-7,10H2,1-3H3,(H,27,29). The fraction of sp³-hybridized carbons (Fsp3) is 0.400. The van der Waals surface area contributed by atoms with Gasteiger partial charge >= 0.3 is 12.4 Å². The summed E-state index contributed by atoms with van der Waals surface area (Å²) in [6.07, 6.45) is -5.02. The lowest BCUT2D eigenvalue weighted by atomic mass is 10.1. The number of nitrogens with one attached hydrogen (secondary N) is 2. The van der Waals surface area contributed by atoms with Crippen LogP contribution in [0.3, 0.4) is 0 Å². The summed E-state index contributed by atoms with van der Waals surface area (Å²) >= 11 is 0. The first kappa shape index (κ1) is 23.4. The van der Waals surface area contributed by atoms with Crippen LogP contribution in [-0.4, -0.2) is 51.3 Å². The maximum atomic E-state index is 14.2. The topological polar surface area (TPSA) is 85.0 Å². The molecule has 0 saturated heterocycles. The van der Waals surface area contributed by atoms with E-state index in [1.54, 1.807) is 13.0 Å². The van der Waals surface area contributed by atoms with Gasteiger partial charge in [-0.05, 0) is 24.6 Å². The van der Waals surface area contributed by atoms with Crippen molar-refractivity contribution in [3.63, 3.8) is 0 Å². The van der Waals surface area contributed by atoms with Crippen LogP contribution >= 0.6 is 0 Å². The lowest BCUT2D eigenvalue weighted by Crippen LogP contribution is -2.47. The zero-order valence-corrected chi connectivity index (χ0v) is 17.5. The maximum Gasteiger partial charge on any atom is 0.573 e. The molecule has 0 bridgehead atoms. The number of anilines is 2. The monoisotopic (exact) mass is 458 g/mol. The summed E-state index contributed by atoms with van der Waals surface area (Å²) < 4.78 is 65.3. The molecule has 0 fully saturated rings. The molecule has 1 aliphatic rings. The van der Waals surface area contributed by atoms with E-state index < -0.39 is 30.0 Å². The normalized spacial score (nSPS) is 14.3. The third kappa shape index (κ3) is 5.31. The number of nitrogens with zero attached hydrogens (tertiary/aromatic N) is 2. The highest BCUT2D eigenvalue weighted by Crippen LogP contribution is 2.33. The SMILES string of the molecule is COCC(NC(=O)N1CCNc2cc(OC)c(C)nc21)c1ccc(OC(F)(F)F)c(F)c1. The first-order chi connectivity index (χ1) is 15.1. The Balaban J connectivity index is 1.82. The van der Waals surface area contributed by atoms with Gasteiger partial charge in [-0.3, -0.25) is 4.90 Å². The van der Waals surface area contributed by atoms with Crippen LogP contribution in [0.4, 0.5) is 33.9 Å². The molecule has 174 valence electrons. The van der Waals surface area contributed by atoms with Gasteiger partial charge in [0.2, 0.25) is 0 Å². The van der Waals surface area contributed by atoms with E-state index in [9.17, 15) is 22.4 Å². The number of benzene rings is 1. The molecule has 2 heterocycles. The van der Waals surface area contributed by atoms with E-state index in [1.165, 1.54) is 25.2 Å². The highest BCUT2D eigenvalue weighted by Gasteiger charge is 2.33. The summed E-state index contributed by atoms with van der Waals surface area (Å²) in [5, 5.41) is 5.87. The van der Waals surface area contributed by atoms with Gasteiger partial charge in [0.1, 0.15) is 5.75 Å². The van der Waals surface area contributed by atoms with E-state index in [0.717, 1.165) is 12.1 Å². The second-order valence-corrected chi connectivity index (χ2v) is 6.92. The average Bonchev–Trinajstić information content (AvgIpc) is 2.73. The van der Waals surface area contributed by atoms with E-state index >= 15 is 0 Å². The number of pyridine rings is 1. The van der Waals surface area contributed by atoms with Crippen LogP contribution in [-0.2, 0) is 4.74 Å². The smallest absolute Gasteiger partial charge is 0.495 e. The molecule has 1 aromatic heterocycles. The Labute approximate surface area is 181 Å². The second kappa shape index (κ2) is 9.47. The van der Waals surface area contributed by atoms with Gasteiger partial charge in [0.25, 0.3) is 0 Å². The van der Waals surface area contributed by atoms with Crippen LogP contribution in [0.15, 0.2) is 24.3 Å². The van der Waals surface area contributed by atoms with Gasteiger partial charge in [0.15, 0.2) is 17.4 Å². The molecule has 0 saturated carbocycles. The molecule has 32 heavy (non-hydrogen) atoms. The van der Waals surface area contributed by atoms with Crippen molar-refractivity contribution in [1.82, 2.24) is 10.3 Å². The Morgan fingerprint density at radius 2 is 2.03 bits per heavy atom. The minimum Gasteiger partial charge on any atom is -0.495 e. The lowest BCUT2D eigenvalue weighted by molar-refractivity contribution is -0.275. The Kier molecular flexibility index (Phi) is 6.92. The molecule has 1 aliphatic heterocycles. The summed E-state index contributed by atoms with van der Waals surface area (Å²) in [4.78, 5) is 18.9. The molecule has 12 heteroatoms. The maximum absolute atomic E-state index is 14.2. The molecule has 0 spiro atoms. The molecular formula is C20H22F4N4O4. The Morgan fingerprint density at radius 1 is 1.28 bits per heavy atom. The van der Waals surface area contributed by atoms with Crippen molar-refractivity contribution in [3.05, 3.63) is 41.3 Å². The summed E-state index contributed by atoms with van der Waals surface area (Å²) in [5.74, 6) is -1.23. The van der Waals surface area contributed by atoms with E-state index in [0.29, 0.717) is 36.0 Å². The van der Waals surface area contributed by atoms with Crippen molar-refractivity contribution < 1.29 is 36.6 Å². The molecule has 2 aromatic rings. The largest absolute Gasteiger partial charge is 0.573 e. The molecule has 1 aromatic carbocycles. The number of ether oxygens (including phenoxy) is 3. The summed E-state index contributed by atoms with van der Waals surface area (Å²) in [5.41, 5.74) is 1.40. The third-order valence-electron chi connectivity index (χ3n) is 4.73. The summed E-state index contributed by atoms with van der Waals surface area (Å²) in [7, 11) is 2.90. The third-order valence-corrected chi connectivity index (χ3v) is 4.73. The number of halogens is 4. The minimum absolute atomic E-state index is 0.0430. The van der Waals surface area contributed by atoms with Crippen molar-refractivity contribution in [2.45, 2.75) is 19.3 Å². The first-order valence-electron chi connectivity index (χ1n) is 9.54. The van der Waals surface area contributed by atoms with Crippen LogP contribution in [0.5, 0.6) is 11.5 Å². The molecule has 2 N–H and O–H groups in total. The van der Waals surface area contributed by atoms with Gasteiger partial charge in [-0.1, -0.05) is 6.07 Å². The molecule has 1 unspecified atom stereocenters.